The van der Waals surface area contributed by atoms with Gasteiger partial charge in [-0.25, -0.2) is 0 Å². The second-order valence-electron chi connectivity index (χ2n) is 5.85. The van der Waals surface area contributed by atoms with E-state index in [0.29, 0.717) is 13.0 Å². The zero-order valence-corrected chi connectivity index (χ0v) is 10.9. The Morgan fingerprint density at radius 2 is 2.24 bits per heavy atom. The first kappa shape index (κ1) is 12.8. The Kier molecular flexibility index (Phi) is 3.46. The average Bonchev–Trinajstić information content (AvgIpc) is 2.76. The highest BCUT2D eigenvalue weighted by atomic mass is 16.5. The molecule has 2 rings (SSSR count). The number of ether oxygens (including phenoxy) is 1. The molecule has 0 radical (unpaired) electrons. The van der Waals surface area contributed by atoms with Crippen LogP contribution in [0.3, 0.4) is 0 Å². The van der Waals surface area contributed by atoms with E-state index >= 15 is 0 Å². The number of hydrogen-bond acceptors (Lipinski definition) is 3. The summed E-state index contributed by atoms with van der Waals surface area (Å²) in [6.45, 7) is 6.73. The van der Waals surface area contributed by atoms with Gasteiger partial charge in [-0.1, -0.05) is 20.8 Å². The van der Waals surface area contributed by atoms with Gasteiger partial charge in [0.2, 0.25) is 5.91 Å². The molecule has 1 aliphatic carbocycles. The van der Waals surface area contributed by atoms with Crippen LogP contribution in [0.25, 0.3) is 0 Å². The van der Waals surface area contributed by atoms with Crippen LogP contribution in [0.4, 0.5) is 0 Å². The molecule has 1 amide bonds. The Morgan fingerprint density at radius 1 is 1.53 bits per heavy atom. The first-order chi connectivity index (χ1) is 7.96. The van der Waals surface area contributed by atoms with Crippen LogP contribution in [-0.2, 0) is 9.53 Å². The molecular formula is C13H23NO3. The van der Waals surface area contributed by atoms with Gasteiger partial charge in [0, 0.05) is 18.1 Å². The van der Waals surface area contributed by atoms with Gasteiger partial charge in [0.25, 0.3) is 0 Å². The predicted octanol–water partition coefficient (Wildman–Crippen LogP) is 1.08. The number of hydrogen-bond donors (Lipinski definition) is 2. The Hall–Kier alpha value is -0.610. The highest BCUT2D eigenvalue weighted by Crippen LogP contribution is 2.40. The fourth-order valence-corrected chi connectivity index (χ4v) is 2.78. The first-order valence-corrected chi connectivity index (χ1v) is 6.56. The minimum atomic E-state index is -0.297. The third-order valence-corrected chi connectivity index (χ3v) is 4.48. The van der Waals surface area contributed by atoms with Crippen LogP contribution in [0, 0.1) is 11.3 Å². The van der Waals surface area contributed by atoms with Crippen molar-refractivity contribution in [3.63, 3.8) is 0 Å². The van der Waals surface area contributed by atoms with Crippen molar-refractivity contribution in [2.45, 2.75) is 58.3 Å². The molecule has 0 bridgehead atoms. The van der Waals surface area contributed by atoms with E-state index in [1.165, 1.54) is 0 Å². The third-order valence-electron chi connectivity index (χ3n) is 4.48. The van der Waals surface area contributed by atoms with Gasteiger partial charge < -0.3 is 15.2 Å². The highest BCUT2D eigenvalue weighted by molar-refractivity contribution is 5.80. The summed E-state index contributed by atoms with van der Waals surface area (Å²) in [5.41, 5.74) is -0.198. The number of carbonyl (C=O) groups is 1. The number of aliphatic hydroxyl groups excluding tert-OH is 1. The van der Waals surface area contributed by atoms with Crippen molar-refractivity contribution in [2.24, 2.45) is 11.3 Å². The molecule has 4 unspecified atom stereocenters. The van der Waals surface area contributed by atoms with E-state index in [2.05, 4.69) is 5.32 Å². The smallest absolute Gasteiger partial charge is 0.226 e. The second-order valence-corrected chi connectivity index (χ2v) is 5.85. The van der Waals surface area contributed by atoms with Crippen LogP contribution < -0.4 is 5.32 Å². The third kappa shape index (κ3) is 2.20. The van der Waals surface area contributed by atoms with Crippen LogP contribution in [0.15, 0.2) is 0 Å². The maximum Gasteiger partial charge on any atom is 0.226 e. The summed E-state index contributed by atoms with van der Waals surface area (Å²) in [5.74, 6) is 0.0906. The largest absolute Gasteiger partial charge is 0.392 e. The zero-order valence-electron chi connectivity index (χ0n) is 10.9. The van der Waals surface area contributed by atoms with Crippen molar-refractivity contribution in [1.29, 1.82) is 0 Å². The average molecular weight is 241 g/mol. The van der Waals surface area contributed by atoms with Crippen molar-refractivity contribution in [2.75, 3.05) is 6.61 Å². The van der Waals surface area contributed by atoms with Gasteiger partial charge >= 0.3 is 0 Å². The van der Waals surface area contributed by atoms with E-state index in [0.717, 1.165) is 12.8 Å². The summed E-state index contributed by atoms with van der Waals surface area (Å²) in [6.07, 6.45) is 2.15. The molecular weight excluding hydrogens is 218 g/mol. The molecule has 98 valence electrons. The number of aliphatic hydroxyl groups is 1. The summed E-state index contributed by atoms with van der Waals surface area (Å²) in [6, 6.07) is 0.100. The minimum Gasteiger partial charge on any atom is -0.392 e. The molecule has 1 saturated heterocycles. The lowest BCUT2D eigenvalue weighted by molar-refractivity contribution is -0.134. The van der Waals surface area contributed by atoms with Crippen molar-refractivity contribution < 1.29 is 14.6 Å². The lowest BCUT2D eigenvalue weighted by Crippen LogP contribution is -2.62. The summed E-state index contributed by atoms with van der Waals surface area (Å²) in [5, 5.41) is 12.7. The lowest BCUT2D eigenvalue weighted by atomic mass is 9.64. The fourth-order valence-electron chi connectivity index (χ4n) is 2.78. The van der Waals surface area contributed by atoms with Gasteiger partial charge in [-0.15, -0.1) is 0 Å². The number of carbonyl (C=O) groups excluding carboxylic acids is 1. The van der Waals surface area contributed by atoms with E-state index in [9.17, 15) is 9.90 Å². The number of rotatable bonds is 3. The van der Waals surface area contributed by atoms with Crippen LogP contribution in [-0.4, -0.2) is 35.9 Å². The van der Waals surface area contributed by atoms with E-state index in [-0.39, 0.29) is 35.5 Å². The van der Waals surface area contributed by atoms with Crippen LogP contribution >= 0.6 is 0 Å². The molecule has 4 atom stereocenters. The zero-order chi connectivity index (χ0) is 12.6. The Labute approximate surface area is 103 Å². The van der Waals surface area contributed by atoms with E-state index in [4.69, 9.17) is 4.74 Å². The topological polar surface area (TPSA) is 58.6 Å². The monoisotopic (exact) mass is 241 g/mol. The molecule has 1 saturated carbocycles. The predicted molar refractivity (Wildman–Crippen MR) is 64.5 cm³/mol. The minimum absolute atomic E-state index is 0.00598. The quantitative estimate of drug-likeness (QED) is 0.777. The molecule has 0 spiro atoms. The maximum atomic E-state index is 12.1. The summed E-state index contributed by atoms with van der Waals surface area (Å²) < 4.78 is 5.53. The van der Waals surface area contributed by atoms with Crippen LogP contribution in [0.1, 0.15) is 40.0 Å². The molecule has 0 aromatic carbocycles. The molecule has 1 aliphatic heterocycles. The molecule has 1 heterocycles. The van der Waals surface area contributed by atoms with E-state index in [1.807, 2.05) is 20.8 Å². The highest BCUT2D eigenvalue weighted by Gasteiger charge is 2.48. The molecule has 2 fully saturated rings. The van der Waals surface area contributed by atoms with Gasteiger partial charge in [-0.2, -0.15) is 0 Å². The second kappa shape index (κ2) is 4.58. The summed E-state index contributed by atoms with van der Waals surface area (Å²) in [4.78, 5) is 12.1. The van der Waals surface area contributed by atoms with Gasteiger partial charge in [0.1, 0.15) is 0 Å². The molecule has 4 nitrogen and oxygen atoms in total. The van der Waals surface area contributed by atoms with Crippen LogP contribution in [0.5, 0.6) is 0 Å². The molecule has 0 aromatic rings. The molecule has 2 N–H and O–H groups in total. The van der Waals surface area contributed by atoms with E-state index in [1.54, 1.807) is 0 Å². The van der Waals surface area contributed by atoms with Crippen molar-refractivity contribution >= 4 is 5.91 Å². The van der Waals surface area contributed by atoms with E-state index < -0.39 is 0 Å². The molecule has 17 heavy (non-hydrogen) atoms. The van der Waals surface area contributed by atoms with Crippen molar-refractivity contribution in [3.05, 3.63) is 0 Å². The maximum absolute atomic E-state index is 12.1. The summed E-state index contributed by atoms with van der Waals surface area (Å²) >= 11 is 0. The number of amides is 1. The Bertz CT molecular complexity index is 303. The molecule has 2 aliphatic rings. The molecule has 4 heteroatoms. The Morgan fingerprint density at radius 3 is 2.76 bits per heavy atom. The van der Waals surface area contributed by atoms with Gasteiger partial charge in [-0.3, -0.25) is 4.79 Å². The molecule has 0 aromatic heterocycles. The SMILES string of the molecule is CCC1OCCC1C(=O)NC1CC(O)C1(C)C. The van der Waals surface area contributed by atoms with Gasteiger partial charge in [-0.05, 0) is 19.3 Å². The van der Waals surface area contributed by atoms with Crippen molar-refractivity contribution in [3.8, 4) is 0 Å². The van der Waals surface area contributed by atoms with Crippen molar-refractivity contribution in [1.82, 2.24) is 5.32 Å². The normalized spacial score (nSPS) is 39.8. The number of nitrogens with one attached hydrogen (secondary N) is 1. The summed E-state index contributed by atoms with van der Waals surface area (Å²) in [7, 11) is 0. The van der Waals surface area contributed by atoms with Gasteiger partial charge in [0.15, 0.2) is 0 Å². The van der Waals surface area contributed by atoms with Gasteiger partial charge in [0.05, 0.1) is 18.1 Å². The standard InChI is InChI=1S/C13H23NO3/c1-4-9-8(5-6-17-9)12(16)14-10-7-11(15)13(10,2)3/h8-11,15H,4-7H2,1-3H3,(H,14,16). The lowest BCUT2D eigenvalue weighted by Gasteiger charge is -2.49. The Balaban J connectivity index is 1.90. The van der Waals surface area contributed by atoms with Crippen LogP contribution in [0.2, 0.25) is 0 Å². The fraction of sp³-hybridized carbons (Fsp3) is 0.923. The first-order valence-electron chi connectivity index (χ1n) is 6.56.